The molecule has 2 N–H and O–H groups in total. The lowest BCUT2D eigenvalue weighted by Crippen LogP contribution is -2.34. The highest BCUT2D eigenvalue weighted by Crippen LogP contribution is 2.35. The van der Waals surface area contributed by atoms with Crippen LogP contribution >= 0.6 is 0 Å². The van der Waals surface area contributed by atoms with Crippen molar-refractivity contribution in [2.45, 2.75) is 19.3 Å². The second-order valence-electron chi connectivity index (χ2n) is 9.22. The molecule has 8 nitrogen and oxygen atoms in total. The number of aromatic nitrogens is 5. The number of rotatable bonds is 5. The molecule has 4 heterocycles. The van der Waals surface area contributed by atoms with E-state index in [4.69, 9.17) is 0 Å². The van der Waals surface area contributed by atoms with Crippen LogP contribution in [-0.2, 0) is 19.3 Å². The molecular weight excluding hydrogens is 526 g/mol. The largest absolute Gasteiger partial charge is 0.418 e. The van der Waals surface area contributed by atoms with Crippen molar-refractivity contribution in [3.05, 3.63) is 102 Å². The Kier molecular flexibility index (Phi) is 6.29. The number of amides is 1. The molecule has 0 saturated heterocycles. The van der Waals surface area contributed by atoms with Crippen LogP contribution in [0.3, 0.4) is 0 Å². The number of alkyl halides is 3. The van der Waals surface area contributed by atoms with Gasteiger partial charge in [-0.05, 0) is 35.9 Å². The summed E-state index contributed by atoms with van der Waals surface area (Å²) in [6.07, 6.45) is -3.33. The van der Waals surface area contributed by atoms with E-state index in [0.29, 0.717) is 48.2 Å². The molecule has 1 aliphatic heterocycles. The van der Waals surface area contributed by atoms with Gasteiger partial charge in [0.2, 0.25) is 0 Å². The Morgan fingerprint density at radius 3 is 2.45 bits per heavy atom. The number of carbonyl (C=O) groups excluding carboxylic acids is 1. The number of benzene rings is 2. The fourth-order valence-electron chi connectivity index (χ4n) is 4.67. The minimum absolute atomic E-state index is 0.185. The summed E-state index contributed by atoms with van der Waals surface area (Å²) in [5.41, 5.74) is -0.0460. The third-order valence-corrected chi connectivity index (χ3v) is 6.60. The molecule has 0 atom stereocenters. The number of H-pyrrole nitrogens is 1. The number of halogens is 4. The van der Waals surface area contributed by atoms with Crippen molar-refractivity contribution in [2.75, 3.05) is 16.8 Å². The van der Waals surface area contributed by atoms with E-state index in [1.165, 1.54) is 18.3 Å². The van der Waals surface area contributed by atoms with Crippen LogP contribution in [0.2, 0.25) is 0 Å². The number of nitrogens with one attached hydrogen (secondary N) is 2. The molecule has 1 aliphatic rings. The van der Waals surface area contributed by atoms with E-state index in [9.17, 15) is 22.4 Å². The summed E-state index contributed by atoms with van der Waals surface area (Å²) < 4.78 is 56.7. The number of hydrogen-bond donors (Lipinski definition) is 2. The van der Waals surface area contributed by atoms with E-state index < -0.39 is 23.3 Å². The predicted molar refractivity (Wildman–Crippen MR) is 140 cm³/mol. The van der Waals surface area contributed by atoms with E-state index in [0.717, 1.165) is 6.07 Å². The summed E-state index contributed by atoms with van der Waals surface area (Å²) in [5, 5.41) is 11.0. The van der Waals surface area contributed by atoms with E-state index >= 15 is 0 Å². The van der Waals surface area contributed by atoms with Gasteiger partial charge in [-0.3, -0.25) is 4.79 Å². The maximum Gasteiger partial charge on any atom is 0.418 e. The summed E-state index contributed by atoms with van der Waals surface area (Å²) in [4.78, 5) is 21.8. The van der Waals surface area contributed by atoms with Gasteiger partial charge in [0.05, 0.1) is 24.0 Å². The maximum absolute atomic E-state index is 13.7. The van der Waals surface area contributed by atoms with E-state index in [2.05, 4.69) is 25.5 Å². The Balaban J connectivity index is 1.17. The average Bonchev–Trinajstić information content (AvgIpc) is 3.59. The predicted octanol–water partition coefficient (Wildman–Crippen LogP) is 5.77. The number of fused-ring (bicyclic) bond motifs is 1. The molecule has 1 amide bonds. The number of nitrogens with zero attached hydrogens (tertiary/aromatic N) is 5. The van der Waals surface area contributed by atoms with Gasteiger partial charge in [0.25, 0.3) is 5.91 Å². The first-order chi connectivity index (χ1) is 19.3. The lowest BCUT2D eigenvalue weighted by Gasteiger charge is -2.28. The monoisotopic (exact) mass is 547 g/mol. The zero-order valence-electron chi connectivity index (χ0n) is 20.8. The van der Waals surface area contributed by atoms with Crippen molar-refractivity contribution in [3.8, 4) is 22.6 Å². The van der Waals surface area contributed by atoms with Gasteiger partial charge in [0.1, 0.15) is 17.3 Å². The molecule has 0 spiro atoms. The van der Waals surface area contributed by atoms with Gasteiger partial charge in [-0.2, -0.15) is 13.2 Å². The fourth-order valence-corrected chi connectivity index (χ4v) is 4.67. The Morgan fingerprint density at radius 2 is 1.73 bits per heavy atom. The van der Waals surface area contributed by atoms with Gasteiger partial charge >= 0.3 is 6.18 Å². The Hall–Kier alpha value is -5.00. The average molecular weight is 548 g/mol. The second kappa shape index (κ2) is 9.95. The van der Waals surface area contributed by atoms with Gasteiger partial charge in [0, 0.05) is 24.3 Å². The zero-order valence-corrected chi connectivity index (χ0v) is 20.8. The third-order valence-electron chi connectivity index (χ3n) is 6.60. The molecule has 0 radical (unpaired) electrons. The molecular formula is C28H21F4N7O. The van der Waals surface area contributed by atoms with Crippen molar-refractivity contribution in [1.82, 2.24) is 24.7 Å². The molecule has 6 rings (SSSR count). The second-order valence-corrected chi connectivity index (χ2v) is 9.22. The van der Waals surface area contributed by atoms with Crippen LogP contribution in [0, 0.1) is 5.82 Å². The number of pyridine rings is 1. The molecule has 0 saturated carbocycles. The first-order valence-corrected chi connectivity index (χ1v) is 12.3. The van der Waals surface area contributed by atoms with Crippen LogP contribution in [0.4, 0.5) is 29.1 Å². The topological polar surface area (TPSA) is 91.7 Å². The van der Waals surface area contributed by atoms with Crippen molar-refractivity contribution >= 4 is 17.4 Å². The van der Waals surface area contributed by atoms with Crippen molar-refractivity contribution in [3.63, 3.8) is 0 Å². The number of hydrogen-bond acceptors (Lipinski definition) is 5. The molecule has 5 aromatic rings. The lowest BCUT2D eigenvalue weighted by molar-refractivity contribution is -0.137. The van der Waals surface area contributed by atoms with Gasteiger partial charge in [0.15, 0.2) is 11.6 Å². The first-order valence-electron chi connectivity index (χ1n) is 12.3. The van der Waals surface area contributed by atoms with Gasteiger partial charge < -0.3 is 19.8 Å². The van der Waals surface area contributed by atoms with Crippen LogP contribution in [0.25, 0.3) is 22.6 Å². The highest BCUT2D eigenvalue weighted by atomic mass is 19.4. The lowest BCUT2D eigenvalue weighted by atomic mass is 10.1. The normalized spacial score (nSPS) is 13.2. The van der Waals surface area contributed by atoms with Crippen LogP contribution in [-0.4, -0.2) is 37.2 Å². The summed E-state index contributed by atoms with van der Waals surface area (Å²) in [6, 6.07) is 18.8. The number of anilines is 2. The van der Waals surface area contributed by atoms with E-state index in [1.807, 2.05) is 9.47 Å². The van der Waals surface area contributed by atoms with Crippen molar-refractivity contribution in [2.24, 2.45) is 0 Å². The Morgan fingerprint density at radius 1 is 0.925 bits per heavy atom. The zero-order chi connectivity index (χ0) is 27.9. The minimum Gasteiger partial charge on any atom is -0.350 e. The quantitative estimate of drug-likeness (QED) is 0.273. The van der Waals surface area contributed by atoms with Gasteiger partial charge in [-0.1, -0.05) is 42.5 Å². The fraction of sp³-hybridized carbons (Fsp3) is 0.143. The summed E-state index contributed by atoms with van der Waals surface area (Å²) in [7, 11) is 0. The number of aromatic amines is 1. The van der Waals surface area contributed by atoms with E-state index in [1.54, 1.807) is 54.6 Å². The van der Waals surface area contributed by atoms with Crippen LogP contribution < -0.4 is 10.2 Å². The molecule has 3 aromatic heterocycles. The molecule has 202 valence electrons. The standard InChI is InChI=1S/C28H21F4N7O/c29-19-8-4-7-18(13-19)26-37-36-24-16-38(11-12-39(24)26)23-10-9-20(15-33-23)34-27(40)25-21(28(30,31)32)14-22(35-25)17-5-2-1-3-6-17/h1-10,13-15,35H,11-12,16H2,(H,34,40). The summed E-state index contributed by atoms with van der Waals surface area (Å²) in [5.74, 6) is 0.580. The third kappa shape index (κ3) is 4.91. The van der Waals surface area contributed by atoms with Crippen molar-refractivity contribution < 1.29 is 22.4 Å². The molecule has 2 aromatic carbocycles. The first kappa shape index (κ1) is 25.3. The van der Waals surface area contributed by atoms with Crippen LogP contribution in [0.1, 0.15) is 21.9 Å². The molecule has 0 bridgehead atoms. The van der Waals surface area contributed by atoms with Crippen LogP contribution in [0.5, 0.6) is 0 Å². The highest BCUT2D eigenvalue weighted by Gasteiger charge is 2.37. The maximum atomic E-state index is 13.7. The molecule has 0 fully saturated rings. The Labute approximate surface area is 225 Å². The molecule has 0 unspecified atom stereocenters. The SMILES string of the molecule is O=C(Nc1ccc(N2CCn3c(nnc3-c3cccc(F)c3)C2)nc1)c1[nH]c(-c2ccccc2)cc1C(F)(F)F. The summed E-state index contributed by atoms with van der Waals surface area (Å²) in [6.45, 7) is 1.53. The van der Waals surface area contributed by atoms with Gasteiger partial charge in [-0.15, -0.1) is 10.2 Å². The smallest absolute Gasteiger partial charge is 0.350 e. The molecule has 12 heteroatoms. The van der Waals surface area contributed by atoms with Crippen molar-refractivity contribution in [1.29, 1.82) is 0 Å². The molecule has 40 heavy (non-hydrogen) atoms. The Bertz CT molecular complexity index is 1680. The summed E-state index contributed by atoms with van der Waals surface area (Å²) >= 11 is 0. The van der Waals surface area contributed by atoms with E-state index in [-0.39, 0.29) is 17.2 Å². The highest BCUT2D eigenvalue weighted by molar-refractivity contribution is 6.04. The van der Waals surface area contributed by atoms with Gasteiger partial charge in [-0.25, -0.2) is 9.37 Å². The van der Waals surface area contributed by atoms with Crippen LogP contribution in [0.15, 0.2) is 79.0 Å². The number of carbonyl (C=O) groups is 1. The minimum atomic E-state index is -4.72. The molecule has 0 aliphatic carbocycles.